The zero-order valence-corrected chi connectivity index (χ0v) is 27.3. The Bertz CT molecular complexity index is 1530. The van der Waals surface area contributed by atoms with E-state index >= 15 is 0 Å². The van der Waals surface area contributed by atoms with Gasteiger partial charge in [-0.1, -0.05) is 0 Å². The molecule has 0 unspecified atom stereocenters. The molecule has 3 fully saturated rings. The van der Waals surface area contributed by atoms with Gasteiger partial charge in [0.15, 0.2) is 31.1 Å². The molecule has 15 atom stereocenters. The molecular weight excluding hydrogens is 764 g/mol. The molecule has 0 aromatic rings. The van der Waals surface area contributed by atoms with E-state index < -0.39 is 148 Å². The Hall–Kier alpha value is -1.89. The third kappa shape index (κ3) is 11.1. The predicted octanol–water partition coefficient (Wildman–Crippen LogP) is -8.28. The molecule has 0 spiro atoms. The van der Waals surface area contributed by atoms with E-state index in [4.69, 9.17) is 28.2 Å². The van der Waals surface area contributed by atoms with E-state index in [2.05, 4.69) is 13.7 Å². The Labute approximate surface area is 281 Å². The van der Waals surface area contributed by atoms with Gasteiger partial charge in [-0.05, 0) is 0 Å². The van der Waals surface area contributed by atoms with Crippen LogP contribution >= 0.6 is 0 Å². The predicted molar refractivity (Wildman–Crippen MR) is 147 cm³/mol. The Morgan fingerprint density at radius 2 is 1.32 bits per heavy atom. The molecule has 27 nitrogen and oxygen atoms in total. The SMILES string of the molecule is CC(=O)N[C@@H]1[C@@H](O)[C@H](O[C@@H]2O[C@H](C(=O)O)[C@@H](O[C@H]3O[C@H](CO)[C@@H](O)[C@H](O)[C@H]3NS(=O)(=O)O)[C@H](O)[C@H]2OS(=O)(=O)O)[C@@H](COS(=O)(=O)O)O[C@@H]1O. The number of aliphatic hydroxyl groups is 6. The Kier molecular flexibility index (Phi) is 14.0. The van der Waals surface area contributed by atoms with Crippen molar-refractivity contribution in [1.82, 2.24) is 10.0 Å². The number of carboxylic acids is 1. The summed E-state index contributed by atoms with van der Waals surface area (Å²) in [7, 11) is -16.2. The Balaban J connectivity index is 2.04. The molecule has 50 heavy (non-hydrogen) atoms. The van der Waals surface area contributed by atoms with E-state index in [-0.39, 0.29) is 0 Å². The molecule has 3 aliphatic rings. The molecule has 3 heterocycles. The minimum Gasteiger partial charge on any atom is -0.479 e. The standard InChI is InChI=1S/C20H34N2O25S3/c1-4(24)21-7-11(27)13(6(42-18(7)31)3-41-49(35,36)37)44-20-15(47-50(38,39)40)12(28)14(16(46-20)17(29)30)45-19-8(22-48(32,33)34)10(26)9(25)5(2-23)43-19/h5-16,18-20,22-23,25-28,31H,2-3H2,1H3,(H,21,24)(H,29,30)(H,32,33,34)(H,35,36,37)(H,38,39,40)/t5-,6-,7-,8-,9-,10-,11-,12+,13-,14+,15-,16+,18+,19-,20-/m1/s1. The van der Waals surface area contributed by atoms with E-state index in [0.717, 1.165) is 6.92 Å². The highest BCUT2D eigenvalue weighted by Gasteiger charge is 2.57. The zero-order valence-electron chi connectivity index (χ0n) is 24.9. The molecule has 0 saturated carbocycles. The number of amides is 1. The average Bonchev–Trinajstić information content (AvgIpc) is 2.96. The summed E-state index contributed by atoms with van der Waals surface area (Å²) in [6, 6.07) is -4.06. The summed E-state index contributed by atoms with van der Waals surface area (Å²) in [5.74, 6) is -2.97. The van der Waals surface area contributed by atoms with Gasteiger partial charge in [0.25, 0.3) is 0 Å². The lowest BCUT2D eigenvalue weighted by molar-refractivity contribution is -0.357. The maximum absolute atomic E-state index is 12.3. The average molecular weight is 799 g/mol. The van der Waals surface area contributed by atoms with Crippen molar-refractivity contribution in [3.63, 3.8) is 0 Å². The van der Waals surface area contributed by atoms with Crippen LogP contribution in [-0.4, -0.2) is 192 Å². The van der Waals surface area contributed by atoms with Crippen molar-refractivity contribution in [2.45, 2.75) is 98.9 Å². The monoisotopic (exact) mass is 798 g/mol. The van der Waals surface area contributed by atoms with Gasteiger partial charge in [-0.25, -0.2) is 13.2 Å². The number of aliphatic hydroxyl groups excluding tert-OH is 6. The van der Waals surface area contributed by atoms with Gasteiger partial charge in [0.2, 0.25) is 5.91 Å². The number of rotatable bonds is 14. The Morgan fingerprint density at radius 3 is 1.82 bits per heavy atom. The van der Waals surface area contributed by atoms with Crippen LogP contribution in [0.2, 0.25) is 0 Å². The van der Waals surface area contributed by atoms with Crippen LogP contribution in [0.3, 0.4) is 0 Å². The first-order valence-corrected chi connectivity index (χ1v) is 17.8. The molecule has 0 aliphatic carbocycles. The van der Waals surface area contributed by atoms with Crippen molar-refractivity contribution < 1.29 is 116 Å². The van der Waals surface area contributed by atoms with Crippen LogP contribution in [0, 0.1) is 0 Å². The number of ether oxygens (including phenoxy) is 5. The smallest absolute Gasteiger partial charge is 0.397 e. The lowest BCUT2D eigenvalue weighted by atomic mass is 9.95. The fourth-order valence-corrected chi connectivity index (χ4v) is 6.50. The zero-order chi connectivity index (χ0) is 38.1. The third-order valence-electron chi connectivity index (χ3n) is 7.19. The highest BCUT2D eigenvalue weighted by Crippen LogP contribution is 2.34. The number of hydrogen-bond donors (Lipinski definition) is 12. The molecule has 3 saturated heterocycles. The summed E-state index contributed by atoms with van der Waals surface area (Å²) in [5.41, 5.74) is 0. The van der Waals surface area contributed by atoms with Crippen molar-refractivity contribution in [2.24, 2.45) is 0 Å². The van der Waals surface area contributed by atoms with Crippen LogP contribution in [-0.2, 0) is 72.7 Å². The Morgan fingerprint density at radius 1 is 0.720 bits per heavy atom. The van der Waals surface area contributed by atoms with Gasteiger partial charge in [-0.15, -0.1) is 0 Å². The van der Waals surface area contributed by atoms with Crippen LogP contribution in [0.25, 0.3) is 0 Å². The largest absolute Gasteiger partial charge is 0.479 e. The minimum atomic E-state index is -5.69. The van der Waals surface area contributed by atoms with Crippen LogP contribution in [0.5, 0.6) is 0 Å². The van der Waals surface area contributed by atoms with E-state index in [0.29, 0.717) is 0 Å². The summed E-state index contributed by atoms with van der Waals surface area (Å²) in [6.45, 7) is -1.46. The topological polar surface area (TPSA) is 428 Å². The normalized spacial score (nSPS) is 40.2. The fourth-order valence-electron chi connectivity index (χ4n) is 5.12. The number of nitrogens with one attached hydrogen (secondary N) is 2. The molecule has 0 aromatic carbocycles. The lowest BCUT2D eigenvalue weighted by Crippen LogP contribution is -2.69. The van der Waals surface area contributed by atoms with Crippen LogP contribution in [0.4, 0.5) is 0 Å². The maximum Gasteiger partial charge on any atom is 0.397 e. The molecule has 30 heteroatoms. The molecule has 292 valence electrons. The van der Waals surface area contributed by atoms with E-state index in [1.54, 1.807) is 0 Å². The van der Waals surface area contributed by atoms with E-state index in [9.17, 15) is 79.7 Å². The van der Waals surface area contributed by atoms with E-state index in [1.807, 2.05) is 0 Å². The number of carbonyl (C=O) groups excluding carboxylic acids is 1. The first kappa shape index (κ1) is 42.5. The molecule has 3 rings (SSSR count). The van der Waals surface area contributed by atoms with Gasteiger partial charge >= 0.3 is 37.1 Å². The van der Waals surface area contributed by atoms with Gasteiger partial charge < -0.3 is 64.7 Å². The molecular formula is C20H34N2O25S3. The van der Waals surface area contributed by atoms with Gasteiger partial charge in [-0.3, -0.25) is 18.5 Å². The molecule has 1 amide bonds. The van der Waals surface area contributed by atoms with Gasteiger partial charge in [-0.2, -0.15) is 30.0 Å². The van der Waals surface area contributed by atoms with Gasteiger partial charge in [0, 0.05) is 6.92 Å². The van der Waals surface area contributed by atoms with E-state index in [1.165, 1.54) is 4.72 Å². The maximum atomic E-state index is 12.3. The minimum absolute atomic E-state index is 0.890. The van der Waals surface area contributed by atoms with Crippen molar-refractivity contribution in [3.05, 3.63) is 0 Å². The van der Waals surface area contributed by atoms with Crippen molar-refractivity contribution >= 4 is 43.0 Å². The third-order valence-corrected chi connectivity index (χ3v) is 8.66. The summed E-state index contributed by atoms with van der Waals surface area (Å²) in [6.07, 6.45) is -30.1. The number of aliphatic carboxylic acids is 1. The molecule has 0 radical (unpaired) electrons. The number of carbonyl (C=O) groups is 2. The molecule has 12 N–H and O–H groups in total. The van der Waals surface area contributed by atoms with Gasteiger partial charge in [0.1, 0.15) is 60.9 Å². The summed E-state index contributed by atoms with van der Waals surface area (Å²) in [5, 5.41) is 74.5. The van der Waals surface area contributed by atoms with Crippen LogP contribution in [0.15, 0.2) is 0 Å². The lowest BCUT2D eigenvalue weighted by Gasteiger charge is -2.48. The number of carboxylic acid groups (broad SMARTS) is 1. The van der Waals surface area contributed by atoms with Crippen molar-refractivity contribution in [3.8, 4) is 0 Å². The summed E-state index contributed by atoms with van der Waals surface area (Å²) < 4.78 is 133. The van der Waals surface area contributed by atoms with Crippen molar-refractivity contribution in [2.75, 3.05) is 13.2 Å². The second-order valence-corrected chi connectivity index (χ2v) is 14.1. The van der Waals surface area contributed by atoms with Crippen LogP contribution < -0.4 is 10.0 Å². The molecule has 3 aliphatic heterocycles. The van der Waals surface area contributed by atoms with Crippen molar-refractivity contribution in [1.29, 1.82) is 0 Å². The first-order valence-electron chi connectivity index (χ1n) is 13.6. The molecule has 0 aromatic heterocycles. The van der Waals surface area contributed by atoms with Crippen LogP contribution in [0.1, 0.15) is 6.92 Å². The second kappa shape index (κ2) is 16.4. The highest BCUT2D eigenvalue weighted by atomic mass is 32.3. The number of hydrogen-bond acceptors (Lipinski definition) is 21. The highest BCUT2D eigenvalue weighted by molar-refractivity contribution is 7.83. The first-order chi connectivity index (χ1) is 22.8. The molecule has 0 bridgehead atoms. The quantitative estimate of drug-likeness (QED) is 0.0726. The summed E-state index contributed by atoms with van der Waals surface area (Å²) >= 11 is 0. The van der Waals surface area contributed by atoms with Gasteiger partial charge in [0.05, 0.1) is 13.2 Å². The second-order valence-electron chi connectivity index (χ2n) is 10.8. The fraction of sp³-hybridized carbons (Fsp3) is 0.900. The summed E-state index contributed by atoms with van der Waals surface area (Å²) in [4.78, 5) is 24.0.